The average Bonchev–Trinajstić information content (AvgIpc) is 3.13. The molecule has 1 aliphatic rings. The van der Waals surface area contributed by atoms with Gasteiger partial charge in [-0.3, -0.25) is 0 Å². The van der Waals surface area contributed by atoms with Crippen molar-refractivity contribution in [1.82, 2.24) is 0 Å². The average molecular weight is 377 g/mol. The van der Waals surface area contributed by atoms with Crippen molar-refractivity contribution in [2.24, 2.45) is 0 Å². The number of fused-ring (bicyclic) bond motifs is 1. The Balaban J connectivity index is 2.18. The standard InChI is InChI=1S/C16H18F3NO4S/c1-3-11-10(2)23-15-13(24-25(21,22)16(17,18)19)7-6-12(14(11)15)20-8-4-5-9-20/h6-7H,3-5,8-9H2,1-2H3. The predicted molar refractivity (Wildman–Crippen MR) is 87.4 cm³/mol. The lowest BCUT2D eigenvalue weighted by molar-refractivity contribution is -0.0499. The molecule has 1 saturated heterocycles. The first-order chi connectivity index (χ1) is 11.7. The summed E-state index contributed by atoms with van der Waals surface area (Å²) in [6, 6.07) is 2.82. The zero-order valence-electron chi connectivity index (χ0n) is 13.8. The maximum absolute atomic E-state index is 12.6. The Morgan fingerprint density at radius 3 is 2.44 bits per heavy atom. The van der Waals surface area contributed by atoms with Gasteiger partial charge in [0.1, 0.15) is 5.76 Å². The Morgan fingerprint density at radius 2 is 1.88 bits per heavy atom. The topological polar surface area (TPSA) is 59.8 Å². The van der Waals surface area contributed by atoms with Gasteiger partial charge in [-0.1, -0.05) is 6.92 Å². The van der Waals surface area contributed by atoms with Crippen LogP contribution >= 0.6 is 0 Å². The van der Waals surface area contributed by atoms with E-state index >= 15 is 0 Å². The summed E-state index contributed by atoms with van der Waals surface area (Å²) in [4.78, 5) is 2.12. The normalized spacial score (nSPS) is 16.0. The first-order valence-electron chi connectivity index (χ1n) is 7.96. The quantitative estimate of drug-likeness (QED) is 0.592. The molecule has 0 amide bonds. The van der Waals surface area contributed by atoms with E-state index in [4.69, 9.17) is 4.42 Å². The highest BCUT2D eigenvalue weighted by atomic mass is 32.2. The molecular weight excluding hydrogens is 359 g/mol. The molecule has 1 aromatic heterocycles. The van der Waals surface area contributed by atoms with E-state index < -0.39 is 21.4 Å². The molecule has 2 aromatic rings. The Bertz CT molecular complexity index is 896. The van der Waals surface area contributed by atoms with Gasteiger partial charge in [-0.25, -0.2) is 0 Å². The lowest BCUT2D eigenvalue weighted by Crippen LogP contribution is -2.28. The van der Waals surface area contributed by atoms with Crippen LogP contribution in [0, 0.1) is 6.92 Å². The fourth-order valence-electron chi connectivity index (χ4n) is 3.22. The summed E-state index contributed by atoms with van der Waals surface area (Å²) in [5.74, 6) is 0.0940. The third-order valence-electron chi connectivity index (χ3n) is 4.36. The number of hydrogen-bond acceptors (Lipinski definition) is 5. The fourth-order valence-corrected chi connectivity index (χ4v) is 3.68. The molecule has 0 spiro atoms. The predicted octanol–water partition coefficient (Wildman–Crippen LogP) is 4.13. The van der Waals surface area contributed by atoms with Gasteiger partial charge in [-0.05, 0) is 38.3 Å². The molecule has 9 heteroatoms. The van der Waals surface area contributed by atoms with E-state index in [1.807, 2.05) is 6.92 Å². The van der Waals surface area contributed by atoms with Gasteiger partial charge in [-0.2, -0.15) is 21.6 Å². The highest BCUT2D eigenvalue weighted by Crippen LogP contribution is 2.42. The first-order valence-corrected chi connectivity index (χ1v) is 9.37. The van der Waals surface area contributed by atoms with Crippen LogP contribution in [0.15, 0.2) is 16.5 Å². The van der Waals surface area contributed by atoms with Crippen LogP contribution in [0.4, 0.5) is 18.9 Å². The number of aryl methyl sites for hydroxylation is 2. The summed E-state index contributed by atoms with van der Waals surface area (Å²) in [5, 5.41) is 0.622. The van der Waals surface area contributed by atoms with Crippen molar-refractivity contribution >= 4 is 26.8 Å². The van der Waals surface area contributed by atoms with E-state index in [9.17, 15) is 21.6 Å². The molecule has 1 fully saturated rings. The first kappa shape index (κ1) is 17.9. The monoisotopic (exact) mass is 377 g/mol. The number of halogens is 3. The third kappa shape index (κ3) is 3.05. The van der Waals surface area contributed by atoms with Crippen molar-refractivity contribution in [2.75, 3.05) is 18.0 Å². The number of hydrogen-bond donors (Lipinski definition) is 0. The summed E-state index contributed by atoms with van der Waals surface area (Å²) in [6.45, 7) is 5.28. The smallest absolute Gasteiger partial charge is 0.457 e. The van der Waals surface area contributed by atoms with Crippen molar-refractivity contribution in [1.29, 1.82) is 0 Å². The molecule has 0 bridgehead atoms. The van der Waals surface area contributed by atoms with Gasteiger partial charge in [0.15, 0.2) is 11.3 Å². The second kappa shape index (κ2) is 6.12. The summed E-state index contributed by atoms with van der Waals surface area (Å²) in [5.41, 5.74) is -3.79. The Kier molecular flexibility index (Phi) is 4.38. The number of alkyl halides is 3. The zero-order chi connectivity index (χ0) is 18.4. The molecule has 0 atom stereocenters. The maximum atomic E-state index is 12.6. The van der Waals surface area contributed by atoms with Crippen LogP contribution in [-0.4, -0.2) is 27.0 Å². The second-order valence-corrected chi connectivity index (χ2v) is 7.49. The summed E-state index contributed by atoms with van der Waals surface area (Å²) >= 11 is 0. The van der Waals surface area contributed by atoms with Gasteiger partial charge in [0.2, 0.25) is 0 Å². The van der Waals surface area contributed by atoms with Gasteiger partial charge in [-0.15, -0.1) is 0 Å². The summed E-state index contributed by atoms with van der Waals surface area (Å²) < 4.78 is 70.6. The summed E-state index contributed by atoms with van der Waals surface area (Å²) in [6.07, 6.45) is 2.66. The highest BCUT2D eigenvalue weighted by Gasteiger charge is 2.49. The van der Waals surface area contributed by atoms with Crippen LogP contribution in [-0.2, 0) is 16.5 Å². The highest BCUT2D eigenvalue weighted by molar-refractivity contribution is 7.88. The molecule has 25 heavy (non-hydrogen) atoms. The zero-order valence-corrected chi connectivity index (χ0v) is 14.6. The second-order valence-electron chi connectivity index (χ2n) is 5.95. The van der Waals surface area contributed by atoms with E-state index in [2.05, 4.69) is 9.08 Å². The van der Waals surface area contributed by atoms with Crippen LogP contribution in [0.5, 0.6) is 5.75 Å². The Hall–Kier alpha value is -1.90. The van der Waals surface area contributed by atoms with Crippen LogP contribution < -0.4 is 9.08 Å². The van der Waals surface area contributed by atoms with E-state index in [-0.39, 0.29) is 5.58 Å². The van der Waals surface area contributed by atoms with Crippen LogP contribution in [0.3, 0.4) is 0 Å². The number of benzene rings is 1. The number of furan rings is 1. The molecule has 5 nitrogen and oxygen atoms in total. The van der Waals surface area contributed by atoms with Crippen molar-refractivity contribution in [3.8, 4) is 5.75 Å². The largest absolute Gasteiger partial charge is 0.534 e. The van der Waals surface area contributed by atoms with Gasteiger partial charge in [0.25, 0.3) is 0 Å². The van der Waals surface area contributed by atoms with Crippen LogP contribution in [0.1, 0.15) is 31.1 Å². The molecule has 138 valence electrons. The lowest BCUT2D eigenvalue weighted by atomic mass is 10.1. The molecule has 3 rings (SSSR count). The number of rotatable bonds is 4. The van der Waals surface area contributed by atoms with Crippen molar-refractivity contribution in [3.05, 3.63) is 23.5 Å². The Labute approximate surface area is 143 Å². The third-order valence-corrected chi connectivity index (χ3v) is 5.33. The van der Waals surface area contributed by atoms with E-state index in [1.54, 1.807) is 13.0 Å². The van der Waals surface area contributed by atoms with E-state index in [0.29, 0.717) is 17.6 Å². The molecule has 0 radical (unpaired) electrons. The minimum Gasteiger partial charge on any atom is -0.457 e. The molecule has 1 aromatic carbocycles. The van der Waals surface area contributed by atoms with Gasteiger partial charge in [0, 0.05) is 24.3 Å². The van der Waals surface area contributed by atoms with Crippen LogP contribution in [0.2, 0.25) is 0 Å². The van der Waals surface area contributed by atoms with E-state index in [1.165, 1.54) is 6.07 Å². The van der Waals surface area contributed by atoms with Gasteiger partial charge < -0.3 is 13.5 Å². The molecule has 0 aliphatic carbocycles. The lowest BCUT2D eigenvalue weighted by Gasteiger charge is -2.20. The fraction of sp³-hybridized carbons (Fsp3) is 0.500. The minimum atomic E-state index is -5.76. The molecule has 0 saturated carbocycles. The van der Waals surface area contributed by atoms with Crippen molar-refractivity contribution in [2.45, 2.75) is 38.6 Å². The molecule has 2 heterocycles. The Morgan fingerprint density at radius 1 is 1.24 bits per heavy atom. The van der Waals surface area contributed by atoms with Gasteiger partial charge >= 0.3 is 15.6 Å². The van der Waals surface area contributed by atoms with Crippen LogP contribution in [0.25, 0.3) is 11.0 Å². The van der Waals surface area contributed by atoms with Crippen molar-refractivity contribution in [3.63, 3.8) is 0 Å². The van der Waals surface area contributed by atoms with E-state index in [0.717, 1.165) is 37.2 Å². The SMILES string of the molecule is CCc1c(C)oc2c(OS(=O)(=O)C(F)(F)F)ccc(N3CCCC3)c12. The van der Waals surface area contributed by atoms with Crippen molar-refractivity contribution < 1.29 is 30.2 Å². The summed E-state index contributed by atoms with van der Waals surface area (Å²) in [7, 11) is -5.76. The number of anilines is 1. The minimum absolute atomic E-state index is 0.0339. The maximum Gasteiger partial charge on any atom is 0.534 e. The molecule has 1 aliphatic heterocycles. The molecule has 0 N–H and O–H groups in total. The van der Waals surface area contributed by atoms with Gasteiger partial charge in [0.05, 0.1) is 5.39 Å². The molecule has 0 unspecified atom stereocenters. The number of nitrogens with zero attached hydrogens (tertiary/aromatic N) is 1. The molecular formula is C16H18F3NO4S.